The monoisotopic (exact) mass is 226 g/mol. The molecule has 0 aromatic carbocycles. The Hall–Kier alpha value is -2.15. The number of pyridine rings is 1. The molecule has 0 saturated carbocycles. The third-order valence-electron chi connectivity index (χ3n) is 2.46. The van der Waals surface area contributed by atoms with Gasteiger partial charge in [-0.25, -0.2) is 9.67 Å². The Kier molecular flexibility index (Phi) is 2.68. The molecule has 0 aliphatic carbocycles. The summed E-state index contributed by atoms with van der Waals surface area (Å²) in [7, 11) is 0. The molecule has 2 aromatic rings. The van der Waals surface area contributed by atoms with Crippen molar-refractivity contribution < 1.29 is 0 Å². The van der Waals surface area contributed by atoms with Crippen molar-refractivity contribution in [1.29, 1.82) is 5.26 Å². The lowest BCUT2D eigenvalue weighted by molar-refractivity contribution is 0.559. The molecule has 2 rings (SSSR count). The Morgan fingerprint density at radius 3 is 2.59 bits per heavy atom. The van der Waals surface area contributed by atoms with Gasteiger partial charge in [-0.15, -0.1) is 0 Å². The Bertz CT molecular complexity index is 555. The van der Waals surface area contributed by atoms with Crippen molar-refractivity contribution in [3.8, 4) is 11.9 Å². The lowest BCUT2D eigenvalue weighted by atomic mass is 9.92. The zero-order valence-electron chi connectivity index (χ0n) is 10.2. The third kappa shape index (κ3) is 2.18. The predicted octanol–water partition coefficient (Wildman–Crippen LogP) is 2.44. The SMILES string of the molecule is CC(C)(C)c1cc(C#N)n(-c2ccccn2)n1. The van der Waals surface area contributed by atoms with E-state index in [1.807, 2.05) is 24.3 Å². The van der Waals surface area contributed by atoms with Crippen LogP contribution in [0.15, 0.2) is 30.5 Å². The largest absolute Gasteiger partial charge is 0.237 e. The highest BCUT2D eigenvalue weighted by molar-refractivity contribution is 5.34. The Morgan fingerprint density at radius 2 is 2.06 bits per heavy atom. The first kappa shape index (κ1) is 11.3. The first-order valence-electron chi connectivity index (χ1n) is 5.44. The minimum Gasteiger partial charge on any atom is -0.237 e. The van der Waals surface area contributed by atoms with E-state index >= 15 is 0 Å². The summed E-state index contributed by atoms with van der Waals surface area (Å²) in [4.78, 5) is 4.20. The van der Waals surface area contributed by atoms with E-state index in [0.29, 0.717) is 11.5 Å². The summed E-state index contributed by atoms with van der Waals surface area (Å²) in [5.41, 5.74) is 1.32. The van der Waals surface area contributed by atoms with E-state index in [1.54, 1.807) is 10.9 Å². The Labute approximate surface area is 101 Å². The van der Waals surface area contributed by atoms with E-state index < -0.39 is 0 Å². The molecule has 0 aliphatic rings. The van der Waals surface area contributed by atoms with E-state index in [-0.39, 0.29) is 5.41 Å². The molecule has 0 fully saturated rings. The zero-order valence-corrected chi connectivity index (χ0v) is 10.2. The van der Waals surface area contributed by atoms with Crippen LogP contribution in [0, 0.1) is 11.3 Å². The maximum Gasteiger partial charge on any atom is 0.154 e. The number of aromatic nitrogens is 3. The standard InChI is InChI=1S/C13H14N4/c1-13(2,3)11-8-10(9-14)17(16-11)12-6-4-5-7-15-12/h4-8H,1-3H3. The van der Waals surface area contributed by atoms with Gasteiger partial charge in [0.25, 0.3) is 0 Å². The molecule has 2 aromatic heterocycles. The number of hydrogen-bond donors (Lipinski definition) is 0. The van der Waals surface area contributed by atoms with Crippen LogP contribution in [0.3, 0.4) is 0 Å². The molecule has 0 atom stereocenters. The summed E-state index contributed by atoms with van der Waals surface area (Å²) in [6, 6.07) is 9.51. The topological polar surface area (TPSA) is 54.5 Å². The molecule has 86 valence electrons. The molecule has 0 unspecified atom stereocenters. The minimum atomic E-state index is -0.0777. The number of rotatable bonds is 1. The molecule has 0 radical (unpaired) electrons. The van der Waals surface area contributed by atoms with Crippen LogP contribution < -0.4 is 0 Å². The quantitative estimate of drug-likeness (QED) is 0.750. The number of nitriles is 1. The number of nitrogens with zero attached hydrogens (tertiary/aromatic N) is 4. The summed E-state index contributed by atoms with van der Waals surface area (Å²) in [5, 5.41) is 13.6. The molecule has 0 spiro atoms. The summed E-state index contributed by atoms with van der Waals surface area (Å²) >= 11 is 0. The average molecular weight is 226 g/mol. The van der Waals surface area contributed by atoms with Gasteiger partial charge >= 0.3 is 0 Å². The molecule has 17 heavy (non-hydrogen) atoms. The second-order valence-corrected chi connectivity index (χ2v) is 4.88. The minimum absolute atomic E-state index is 0.0777. The van der Waals surface area contributed by atoms with Crippen LogP contribution in [0.25, 0.3) is 5.82 Å². The lowest BCUT2D eigenvalue weighted by Gasteiger charge is -2.13. The lowest BCUT2D eigenvalue weighted by Crippen LogP contribution is -2.12. The van der Waals surface area contributed by atoms with E-state index in [4.69, 9.17) is 5.26 Å². The molecule has 4 nitrogen and oxygen atoms in total. The van der Waals surface area contributed by atoms with Gasteiger partial charge in [-0.05, 0) is 18.2 Å². The van der Waals surface area contributed by atoms with Crippen molar-refractivity contribution in [3.63, 3.8) is 0 Å². The molecule has 0 amide bonds. The van der Waals surface area contributed by atoms with Gasteiger partial charge in [-0.1, -0.05) is 26.8 Å². The van der Waals surface area contributed by atoms with E-state index in [0.717, 1.165) is 5.69 Å². The van der Waals surface area contributed by atoms with E-state index in [1.165, 1.54) is 0 Å². The average Bonchev–Trinajstić information content (AvgIpc) is 2.73. The predicted molar refractivity (Wildman–Crippen MR) is 64.8 cm³/mol. The van der Waals surface area contributed by atoms with Crippen LogP contribution in [0.1, 0.15) is 32.2 Å². The van der Waals surface area contributed by atoms with Gasteiger partial charge in [0.1, 0.15) is 11.8 Å². The van der Waals surface area contributed by atoms with E-state index in [2.05, 4.69) is 36.9 Å². The summed E-state index contributed by atoms with van der Waals surface area (Å²) in [5.74, 6) is 0.666. The summed E-state index contributed by atoms with van der Waals surface area (Å²) in [6.07, 6.45) is 1.69. The molecule has 4 heteroatoms. The highest BCUT2D eigenvalue weighted by atomic mass is 15.3. The van der Waals surface area contributed by atoms with Crippen molar-refractivity contribution in [1.82, 2.24) is 14.8 Å². The molecular formula is C13H14N4. The maximum atomic E-state index is 9.12. The fraction of sp³-hybridized carbons (Fsp3) is 0.308. The van der Waals surface area contributed by atoms with Crippen molar-refractivity contribution in [3.05, 3.63) is 41.9 Å². The summed E-state index contributed by atoms with van der Waals surface area (Å²) < 4.78 is 1.58. The summed E-state index contributed by atoms with van der Waals surface area (Å²) in [6.45, 7) is 6.21. The van der Waals surface area contributed by atoms with Gasteiger partial charge in [0.2, 0.25) is 0 Å². The van der Waals surface area contributed by atoms with Gasteiger partial charge in [-0.3, -0.25) is 0 Å². The zero-order chi connectivity index (χ0) is 12.5. The first-order chi connectivity index (χ1) is 8.02. The van der Waals surface area contributed by atoms with Crippen LogP contribution in [0.5, 0.6) is 0 Å². The van der Waals surface area contributed by atoms with E-state index in [9.17, 15) is 0 Å². The van der Waals surface area contributed by atoms with Gasteiger partial charge in [0.05, 0.1) is 5.69 Å². The second kappa shape index (κ2) is 4.02. The van der Waals surface area contributed by atoms with Crippen molar-refractivity contribution in [2.24, 2.45) is 0 Å². The molecule has 0 N–H and O–H groups in total. The molecule has 0 aliphatic heterocycles. The van der Waals surface area contributed by atoms with Crippen LogP contribution in [0.4, 0.5) is 0 Å². The van der Waals surface area contributed by atoms with Gasteiger partial charge in [0, 0.05) is 11.6 Å². The molecule has 0 bridgehead atoms. The molecule has 2 heterocycles. The Balaban J connectivity index is 2.56. The molecule has 0 saturated heterocycles. The van der Waals surface area contributed by atoms with Gasteiger partial charge in [-0.2, -0.15) is 10.4 Å². The number of hydrogen-bond acceptors (Lipinski definition) is 3. The normalized spacial score (nSPS) is 11.2. The van der Waals surface area contributed by atoms with Gasteiger partial charge < -0.3 is 0 Å². The van der Waals surface area contributed by atoms with Crippen LogP contribution in [-0.2, 0) is 5.41 Å². The van der Waals surface area contributed by atoms with Gasteiger partial charge in [0.15, 0.2) is 5.82 Å². The maximum absolute atomic E-state index is 9.12. The second-order valence-electron chi connectivity index (χ2n) is 4.88. The first-order valence-corrected chi connectivity index (χ1v) is 5.44. The van der Waals surface area contributed by atoms with Crippen LogP contribution in [0.2, 0.25) is 0 Å². The highest BCUT2D eigenvalue weighted by Gasteiger charge is 2.20. The Morgan fingerprint density at radius 1 is 1.29 bits per heavy atom. The van der Waals surface area contributed by atoms with Crippen molar-refractivity contribution in [2.75, 3.05) is 0 Å². The highest BCUT2D eigenvalue weighted by Crippen LogP contribution is 2.22. The fourth-order valence-corrected chi connectivity index (χ4v) is 1.48. The van der Waals surface area contributed by atoms with Crippen LogP contribution in [-0.4, -0.2) is 14.8 Å². The van der Waals surface area contributed by atoms with Crippen LogP contribution >= 0.6 is 0 Å². The van der Waals surface area contributed by atoms with Crippen molar-refractivity contribution >= 4 is 0 Å². The smallest absolute Gasteiger partial charge is 0.154 e. The van der Waals surface area contributed by atoms with Crippen molar-refractivity contribution in [2.45, 2.75) is 26.2 Å². The third-order valence-corrected chi connectivity index (χ3v) is 2.46. The molecular weight excluding hydrogens is 212 g/mol. The fourth-order valence-electron chi connectivity index (χ4n) is 1.48.